The first-order valence-corrected chi connectivity index (χ1v) is 5.95. The van der Waals surface area contributed by atoms with E-state index in [9.17, 15) is 9.18 Å². The monoisotopic (exact) mass is 258 g/mol. The summed E-state index contributed by atoms with van der Waals surface area (Å²) in [7, 11) is 0. The van der Waals surface area contributed by atoms with Crippen molar-refractivity contribution < 1.29 is 9.18 Å². The number of carbonyl (C=O) groups is 1. The fourth-order valence-electron chi connectivity index (χ4n) is 1.81. The van der Waals surface area contributed by atoms with Crippen LogP contribution in [0, 0.1) is 12.7 Å². The Hall–Kier alpha value is -2.36. The van der Waals surface area contributed by atoms with E-state index in [1.807, 2.05) is 18.2 Å². The molecular formula is C15H15FN2O. The fourth-order valence-corrected chi connectivity index (χ4v) is 1.81. The summed E-state index contributed by atoms with van der Waals surface area (Å²) in [5.41, 5.74) is 7.22. The number of anilines is 1. The number of aryl methyl sites for hydroxylation is 1. The van der Waals surface area contributed by atoms with Gasteiger partial charge >= 0.3 is 0 Å². The number of carbonyl (C=O) groups excluding carboxylic acids is 1. The molecule has 0 saturated heterocycles. The Morgan fingerprint density at radius 1 is 1.21 bits per heavy atom. The molecule has 4 heteroatoms. The molecule has 0 aromatic heterocycles. The smallest absolute Gasteiger partial charge is 0.244 e. The zero-order chi connectivity index (χ0) is 13.8. The molecule has 1 amide bonds. The van der Waals surface area contributed by atoms with Gasteiger partial charge in [-0.15, -0.1) is 0 Å². The highest BCUT2D eigenvalue weighted by Crippen LogP contribution is 2.21. The Kier molecular flexibility index (Phi) is 3.80. The second kappa shape index (κ2) is 5.52. The van der Waals surface area contributed by atoms with Crippen molar-refractivity contribution in [3.05, 3.63) is 65.5 Å². The highest BCUT2D eigenvalue weighted by molar-refractivity contribution is 5.84. The van der Waals surface area contributed by atoms with Crippen molar-refractivity contribution in [1.29, 1.82) is 0 Å². The Labute approximate surface area is 111 Å². The lowest BCUT2D eigenvalue weighted by atomic mass is 10.1. The molecule has 0 aliphatic heterocycles. The van der Waals surface area contributed by atoms with E-state index in [4.69, 9.17) is 5.73 Å². The average Bonchev–Trinajstić information content (AvgIpc) is 2.40. The predicted molar refractivity (Wildman–Crippen MR) is 73.1 cm³/mol. The van der Waals surface area contributed by atoms with E-state index in [0.717, 1.165) is 5.56 Å². The molecular weight excluding hydrogens is 243 g/mol. The van der Waals surface area contributed by atoms with Crippen LogP contribution in [0.1, 0.15) is 17.2 Å². The highest BCUT2D eigenvalue weighted by atomic mass is 19.1. The molecule has 2 rings (SSSR count). The first-order chi connectivity index (χ1) is 9.08. The van der Waals surface area contributed by atoms with Gasteiger partial charge in [0.05, 0.1) is 0 Å². The number of halogens is 1. The summed E-state index contributed by atoms with van der Waals surface area (Å²) >= 11 is 0. The fraction of sp³-hybridized carbons (Fsp3) is 0.133. The van der Waals surface area contributed by atoms with Crippen molar-refractivity contribution in [3.8, 4) is 0 Å². The van der Waals surface area contributed by atoms with Gasteiger partial charge in [-0.2, -0.15) is 0 Å². The molecule has 0 saturated carbocycles. The summed E-state index contributed by atoms with van der Waals surface area (Å²) in [6.45, 7) is 1.68. The summed E-state index contributed by atoms with van der Waals surface area (Å²) in [5, 5.41) is 2.95. The number of hydrogen-bond acceptors (Lipinski definition) is 2. The van der Waals surface area contributed by atoms with Crippen LogP contribution in [0.25, 0.3) is 0 Å². The van der Waals surface area contributed by atoms with Crippen molar-refractivity contribution in [2.75, 3.05) is 5.32 Å². The van der Waals surface area contributed by atoms with Gasteiger partial charge in [0.25, 0.3) is 0 Å². The number of nitrogens with two attached hydrogens (primary N) is 1. The third-order valence-corrected chi connectivity index (χ3v) is 2.90. The summed E-state index contributed by atoms with van der Waals surface area (Å²) in [4.78, 5) is 11.5. The van der Waals surface area contributed by atoms with E-state index in [0.29, 0.717) is 11.3 Å². The second-order valence-electron chi connectivity index (χ2n) is 4.35. The normalized spacial score (nSPS) is 11.9. The van der Waals surface area contributed by atoms with Gasteiger partial charge in [0.2, 0.25) is 5.91 Å². The number of hydrogen-bond donors (Lipinski definition) is 2. The molecule has 98 valence electrons. The minimum absolute atomic E-state index is 0.318. The van der Waals surface area contributed by atoms with Crippen molar-refractivity contribution in [1.82, 2.24) is 0 Å². The molecule has 1 atom stereocenters. The van der Waals surface area contributed by atoms with Gasteiger partial charge in [0, 0.05) is 5.69 Å². The second-order valence-corrected chi connectivity index (χ2v) is 4.35. The SMILES string of the molecule is Cc1ccc(NC(C(N)=O)c2ccccc2)cc1F. The molecule has 0 heterocycles. The maximum Gasteiger partial charge on any atom is 0.244 e. The van der Waals surface area contributed by atoms with Crippen LogP contribution in [0.3, 0.4) is 0 Å². The minimum Gasteiger partial charge on any atom is -0.370 e. The van der Waals surface area contributed by atoms with E-state index in [1.165, 1.54) is 6.07 Å². The van der Waals surface area contributed by atoms with Crippen LogP contribution in [0.5, 0.6) is 0 Å². The van der Waals surface area contributed by atoms with Crippen molar-refractivity contribution in [3.63, 3.8) is 0 Å². The first kappa shape index (κ1) is 13.1. The van der Waals surface area contributed by atoms with Crippen LogP contribution in [0.2, 0.25) is 0 Å². The maximum absolute atomic E-state index is 13.5. The Bertz CT molecular complexity index is 584. The van der Waals surface area contributed by atoms with Crippen LogP contribution in [0.4, 0.5) is 10.1 Å². The molecule has 1 unspecified atom stereocenters. The van der Waals surface area contributed by atoms with Gasteiger partial charge in [-0.3, -0.25) is 4.79 Å². The van der Waals surface area contributed by atoms with Crippen molar-refractivity contribution >= 4 is 11.6 Å². The van der Waals surface area contributed by atoms with Crippen LogP contribution in [-0.4, -0.2) is 5.91 Å². The number of primary amides is 1. The molecule has 3 N–H and O–H groups in total. The van der Waals surface area contributed by atoms with Gasteiger partial charge in [-0.05, 0) is 30.2 Å². The topological polar surface area (TPSA) is 55.1 Å². The highest BCUT2D eigenvalue weighted by Gasteiger charge is 2.17. The molecule has 0 radical (unpaired) electrons. The first-order valence-electron chi connectivity index (χ1n) is 5.95. The van der Waals surface area contributed by atoms with E-state index in [-0.39, 0.29) is 5.82 Å². The standard InChI is InChI=1S/C15H15FN2O/c1-10-7-8-12(9-13(10)16)18-14(15(17)19)11-5-3-2-4-6-11/h2-9,14,18H,1H3,(H2,17,19). The number of nitrogens with one attached hydrogen (secondary N) is 1. The number of rotatable bonds is 4. The van der Waals surface area contributed by atoms with E-state index >= 15 is 0 Å². The predicted octanol–water partition coefficient (Wildman–Crippen LogP) is 2.77. The Morgan fingerprint density at radius 3 is 2.47 bits per heavy atom. The summed E-state index contributed by atoms with van der Waals surface area (Å²) in [6.07, 6.45) is 0. The Morgan fingerprint density at radius 2 is 1.89 bits per heavy atom. The lowest BCUT2D eigenvalue weighted by Gasteiger charge is -2.17. The summed E-state index contributed by atoms with van der Waals surface area (Å²) in [5.74, 6) is -0.825. The molecule has 19 heavy (non-hydrogen) atoms. The molecule has 0 spiro atoms. The number of amides is 1. The maximum atomic E-state index is 13.5. The van der Waals surface area contributed by atoms with Crippen molar-refractivity contribution in [2.24, 2.45) is 5.73 Å². The van der Waals surface area contributed by atoms with E-state index in [2.05, 4.69) is 5.32 Å². The van der Waals surface area contributed by atoms with Gasteiger partial charge < -0.3 is 11.1 Å². The van der Waals surface area contributed by atoms with Gasteiger partial charge in [-0.25, -0.2) is 4.39 Å². The molecule has 0 aliphatic rings. The molecule has 2 aromatic carbocycles. The van der Waals surface area contributed by atoms with Crippen LogP contribution in [0.15, 0.2) is 48.5 Å². The summed E-state index contributed by atoms with van der Waals surface area (Å²) in [6, 6.07) is 13.1. The van der Waals surface area contributed by atoms with E-state index in [1.54, 1.807) is 31.2 Å². The molecule has 0 aliphatic carbocycles. The number of benzene rings is 2. The lowest BCUT2D eigenvalue weighted by Crippen LogP contribution is -2.27. The lowest BCUT2D eigenvalue weighted by molar-refractivity contribution is -0.118. The third kappa shape index (κ3) is 3.10. The summed E-state index contributed by atoms with van der Waals surface area (Å²) < 4.78 is 13.5. The van der Waals surface area contributed by atoms with E-state index < -0.39 is 11.9 Å². The van der Waals surface area contributed by atoms with Crippen LogP contribution < -0.4 is 11.1 Å². The minimum atomic E-state index is -0.677. The molecule has 0 fully saturated rings. The quantitative estimate of drug-likeness (QED) is 0.886. The molecule has 3 nitrogen and oxygen atoms in total. The van der Waals surface area contributed by atoms with Gasteiger partial charge in [-0.1, -0.05) is 36.4 Å². The third-order valence-electron chi connectivity index (χ3n) is 2.90. The zero-order valence-corrected chi connectivity index (χ0v) is 10.6. The largest absolute Gasteiger partial charge is 0.370 e. The Balaban J connectivity index is 2.27. The molecule has 0 bridgehead atoms. The van der Waals surface area contributed by atoms with Gasteiger partial charge in [0.1, 0.15) is 11.9 Å². The van der Waals surface area contributed by atoms with Crippen LogP contribution in [-0.2, 0) is 4.79 Å². The zero-order valence-electron chi connectivity index (χ0n) is 10.6. The average molecular weight is 258 g/mol. The van der Waals surface area contributed by atoms with Crippen LogP contribution >= 0.6 is 0 Å². The molecule has 2 aromatic rings. The van der Waals surface area contributed by atoms with Gasteiger partial charge in [0.15, 0.2) is 0 Å². The van der Waals surface area contributed by atoms with Crippen molar-refractivity contribution in [2.45, 2.75) is 13.0 Å².